The zero-order valence-corrected chi connectivity index (χ0v) is 12.2. The van der Waals surface area contributed by atoms with Gasteiger partial charge in [-0.15, -0.1) is 0 Å². The molecule has 0 aromatic heterocycles. The molecule has 6 heteroatoms. The number of aryl methyl sites for hydroxylation is 1. The van der Waals surface area contributed by atoms with E-state index in [0.717, 1.165) is 36.3 Å². The predicted octanol–water partition coefficient (Wildman–Crippen LogP) is 4.70. The number of nitrogens with one attached hydrogen (secondary N) is 1. The molecule has 110 valence electrons. The van der Waals surface area contributed by atoms with Crippen LogP contribution in [0.25, 0.3) is 0 Å². The van der Waals surface area contributed by atoms with Crippen LogP contribution in [0.5, 0.6) is 0 Å². The molecule has 1 N–H and O–H groups in total. The van der Waals surface area contributed by atoms with Crippen molar-refractivity contribution in [3.05, 3.63) is 29.3 Å². The fraction of sp³-hybridized carbons (Fsp3) is 0.500. The third-order valence-corrected chi connectivity index (χ3v) is 4.19. The molecular formula is C14H17F3N2S. The molecule has 0 saturated carbocycles. The maximum Gasteiger partial charge on any atom is 0.416 e. The lowest BCUT2D eigenvalue weighted by Gasteiger charge is -2.20. The number of anilines is 1. The van der Waals surface area contributed by atoms with Gasteiger partial charge in [-0.1, -0.05) is 24.8 Å². The monoisotopic (exact) mass is 302 g/mol. The third kappa shape index (κ3) is 3.69. The van der Waals surface area contributed by atoms with Crippen molar-refractivity contribution in [2.24, 2.45) is 4.99 Å². The van der Waals surface area contributed by atoms with Crippen LogP contribution in [0.1, 0.15) is 30.9 Å². The lowest BCUT2D eigenvalue weighted by molar-refractivity contribution is -0.137. The van der Waals surface area contributed by atoms with E-state index in [1.807, 2.05) is 0 Å². The second-order valence-electron chi connectivity index (χ2n) is 4.79. The van der Waals surface area contributed by atoms with Gasteiger partial charge in [0.1, 0.15) is 0 Å². The minimum Gasteiger partial charge on any atom is -0.335 e. The van der Waals surface area contributed by atoms with E-state index < -0.39 is 11.7 Å². The minimum absolute atomic E-state index is 0.268. The number of nitrogens with zero attached hydrogens (tertiary/aromatic N) is 1. The average Bonchev–Trinajstić information content (AvgIpc) is 2.40. The molecule has 0 amide bonds. The predicted molar refractivity (Wildman–Crippen MR) is 78.4 cm³/mol. The molecule has 1 atom stereocenters. The molecule has 0 saturated heterocycles. The highest BCUT2D eigenvalue weighted by Gasteiger charge is 2.31. The van der Waals surface area contributed by atoms with E-state index in [1.54, 1.807) is 18.7 Å². The second kappa shape index (κ2) is 6.08. The van der Waals surface area contributed by atoms with E-state index in [2.05, 4.69) is 17.2 Å². The highest BCUT2D eigenvalue weighted by molar-refractivity contribution is 8.14. The Morgan fingerprint density at radius 3 is 2.80 bits per heavy atom. The van der Waals surface area contributed by atoms with Gasteiger partial charge in [0.25, 0.3) is 0 Å². The number of benzene rings is 1. The number of hydrogen-bond donors (Lipinski definition) is 1. The molecule has 1 aromatic carbocycles. The van der Waals surface area contributed by atoms with Crippen LogP contribution in [-0.2, 0) is 6.18 Å². The van der Waals surface area contributed by atoms with Gasteiger partial charge < -0.3 is 5.32 Å². The van der Waals surface area contributed by atoms with Crippen molar-refractivity contribution in [1.29, 1.82) is 0 Å². The molecule has 1 aliphatic rings. The van der Waals surface area contributed by atoms with E-state index in [-0.39, 0.29) is 6.04 Å². The van der Waals surface area contributed by atoms with Gasteiger partial charge in [0.2, 0.25) is 0 Å². The van der Waals surface area contributed by atoms with Crippen LogP contribution >= 0.6 is 11.8 Å². The summed E-state index contributed by atoms with van der Waals surface area (Å²) in [7, 11) is 0. The lowest BCUT2D eigenvalue weighted by atomic mass is 10.1. The highest BCUT2D eigenvalue weighted by atomic mass is 32.2. The molecule has 0 radical (unpaired) electrons. The number of hydrogen-bond acceptors (Lipinski definition) is 3. The summed E-state index contributed by atoms with van der Waals surface area (Å²) < 4.78 is 38.2. The minimum atomic E-state index is -4.32. The first kappa shape index (κ1) is 15.2. The van der Waals surface area contributed by atoms with Crippen LogP contribution in [0.15, 0.2) is 23.2 Å². The van der Waals surface area contributed by atoms with Gasteiger partial charge in [0.05, 0.1) is 11.6 Å². The summed E-state index contributed by atoms with van der Waals surface area (Å²) in [4.78, 5) is 4.52. The fourth-order valence-corrected chi connectivity index (χ4v) is 2.96. The van der Waals surface area contributed by atoms with Crippen LogP contribution in [0.4, 0.5) is 18.9 Å². The van der Waals surface area contributed by atoms with Gasteiger partial charge in [-0.05, 0) is 37.5 Å². The van der Waals surface area contributed by atoms with Gasteiger partial charge in [-0.3, -0.25) is 4.99 Å². The third-order valence-electron chi connectivity index (χ3n) is 3.27. The van der Waals surface area contributed by atoms with Crippen LogP contribution in [0.2, 0.25) is 0 Å². The molecule has 0 aliphatic carbocycles. The Morgan fingerprint density at radius 2 is 2.15 bits per heavy atom. The van der Waals surface area contributed by atoms with Crippen LogP contribution in [0.3, 0.4) is 0 Å². The molecule has 2 rings (SSSR count). The molecule has 0 spiro atoms. The number of halogens is 3. The molecule has 2 nitrogen and oxygen atoms in total. The lowest BCUT2D eigenvalue weighted by Crippen LogP contribution is -2.20. The van der Waals surface area contributed by atoms with E-state index in [1.165, 1.54) is 6.07 Å². The summed E-state index contributed by atoms with van der Waals surface area (Å²) >= 11 is 1.56. The van der Waals surface area contributed by atoms with Crippen LogP contribution < -0.4 is 5.32 Å². The first-order valence-corrected chi connectivity index (χ1v) is 7.54. The smallest absolute Gasteiger partial charge is 0.335 e. The summed E-state index contributed by atoms with van der Waals surface area (Å²) in [6, 6.07) is 4.00. The van der Waals surface area contributed by atoms with Gasteiger partial charge >= 0.3 is 6.18 Å². The largest absolute Gasteiger partial charge is 0.416 e. The fourth-order valence-electron chi connectivity index (χ4n) is 1.97. The van der Waals surface area contributed by atoms with Crippen LogP contribution in [0, 0.1) is 6.92 Å². The summed E-state index contributed by atoms with van der Waals surface area (Å²) in [5.41, 5.74) is 0.613. The van der Waals surface area contributed by atoms with E-state index >= 15 is 0 Å². The van der Waals surface area contributed by atoms with Crippen LogP contribution in [-0.4, -0.2) is 17.0 Å². The van der Waals surface area contributed by atoms with Gasteiger partial charge in [-0.2, -0.15) is 13.2 Å². The maximum absolute atomic E-state index is 12.7. The summed E-state index contributed by atoms with van der Waals surface area (Å²) in [6.07, 6.45) is -2.35. The van der Waals surface area contributed by atoms with Crippen molar-refractivity contribution in [3.8, 4) is 0 Å². The topological polar surface area (TPSA) is 24.4 Å². The number of thioether (sulfide) groups is 1. The van der Waals surface area contributed by atoms with Crippen molar-refractivity contribution in [2.75, 3.05) is 11.1 Å². The van der Waals surface area contributed by atoms with Crippen molar-refractivity contribution >= 4 is 22.6 Å². The van der Waals surface area contributed by atoms with Crippen molar-refractivity contribution < 1.29 is 13.2 Å². The highest BCUT2D eigenvalue weighted by Crippen LogP contribution is 2.32. The normalized spacial score (nSPS) is 19.6. The number of rotatable bonds is 2. The Labute approximate surface area is 120 Å². The van der Waals surface area contributed by atoms with E-state index in [9.17, 15) is 13.2 Å². The summed E-state index contributed by atoms with van der Waals surface area (Å²) in [5.74, 6) is 0.947. The standard InChI is InChI=1S/C14H17F3N2S/c1-3-11-6-7-20-13(18-11)19-12-8-10(14(15,16)17)5-4-9(12)2/h4-5,8,11H,3,6-7H2,1-2H3,(H,18,19). The number of alkyl halides is 3. The number of aliphatic imine (C=N–C) groups is 1. The average molecular weight is 302 g/mol. The summed E-state index contributed by atoms with van der Waals surface area (Å²) in [5, 5.41) is 3.75. The molecule has 1 aromatic rings. The Hall–Kier alpha value is -1.17. The molecule has 1 heterocycles. The Kier molecular flexibility index (Phi) is 4.62. The second-order valence-corrected chi connectivity index (χ2v) is 5.87. The van der Waals surface area contributed by atoms with Crippen molar-refractivity contribution in [2.45, 2.75) is 38.9 Å². The maximum atomic E-state index is 12.7. The zero-order chi connectivity index (χ0) is 14.8. The first-order valence-electron chi connectivity index (χ1n) is 6.55. The molecule has 0 fully saturated rings. The van der Waals surface area contributed by atoms with Gasteiger partial charge in [0, 0.05) is 11.4 Å². The molecule has 20 heavy (non-hydrogen) atoms. The Bertz CT molecular complexity index is 512. The molecule has 1 aliphatic heterocycles. The zero-order valence-electron chi connectivity index (χ0n) is 11.4. The molecular weight excluding hydrogens is 285 g/mol. The van der Waals surface area contributed by atoms with E-state index in [4.69, 9.17) is 0 Å². The van der Waals surface area contributed by atoms with Gasteiger partial charge in [-0.25, -0.2) is 0 Å². The van der Waals surface area contributed by atoms with Gasteiger partial charge in [0.15, 0.2) is 5.17 Å². The van der Waals surface area contributed by atoms with Crippen molar-refractivity contribution in [1.82, 2.24) is 0 Å². The quantitative estimate of drug-likeness (QED) is 0.856. The SMILES string of the molecule is CCC1CCSC(Nc2cc(C(F)(F)F)ccc2C)=N1. The van der Waals surface area contributed by atoms with E-state index in [0.29, 0.717) is 10.9 Å². The Balaban J connectivity index is 2.22. The Morgan fingerprint density at radius 1 is 1.40 bits per heavy atom. The number of amidine groups is 1. The molecule has 1 unspecified atom stereocenters. The molecule has 0 bridgehead atoms. The first-order chi connectivity index (χ1) is 9.40. The summed E-state index contributed by atoms with van der Waals surface area (Å²) in [6.45, 7) is 3.85. The van der Waals surface area contributed by atoms with Crippen molar-refractivity contribution in [3.63, 3.8) is 0 Å².